The van der Waals surface area contributed by atoms with Crippen LogP contribution in [0.15, 0.2) is 69.9 Å². The second kappa shape index (κ2) is 9.74. The van der Waals surface area contributed by atoms with E-state index in [0.717, 1.165) is 16.7 Å². The lowest BCUT2D eigenvalue weighted by Gasteiger charge is -2.13. The van der Waals surface area contributed by atoms with Crippen molar-refractivity contribution in [2.75, 3.05) is 0 Å². The lowest BCUT2D eigenvalue weighted by atomic mass is 10.0. The van der Waals surface area contributed by atoms with E-state index < -0.39 is 5.97 Å². The number of benzene rings is 3. The minimum absolute atomic E-state index is 0.0739. The summed E-state index contributed by atoms with van der Waals surface area (Å²) in [5, 5.41) is 1.02. The molecule has 4 rings (SSSR count). The molecule has 1 aromatic heterocycles. The molecule has 4 aromatic rings. The zero-order valence-corrected chi connectivity index (χ0v) is 20.2. The van der Waals surface area contributed by atoms with Gasteiger partial charge in [0.15, 0.2) is 5.76 Å². The molecule has 0 bridgehead atoms. The van der Waals surface area contributed by atoms with Gasteiger partial charge in [-0.2, -0.15) is 0 Å². The Labute approximate surface area is 202 Å². The Kier molecular flexibility index (Phi) is 6.75. The van der Waals surface area contributed by atoms with Gasteiger partial charge in [-0.05, 0) is 92.9 Å². The van der Waals surface area contributed by atoms with Crippen LogP contribution in [0.25, 0.3) is 22.3 Å². The second-order valence-electron chi connectivity index (χ2n) is 8.47. The van der Waals surface area contributed by atoms with Crippen molar-refractivity contribution in [1.82, 2.24) is 0 Å². The Hall–Kier alpha value is -3.57. The van der Waals surface area contributed by atoms with E-state index in [9.17, 15) is 9.59 Å². The lowest BCUT2D eigenvalue weighted by Crippen LogP contribution is -2.13. The number of rotatable bonds is 6. The largest absolute Gasteiger partial charge is 0.481 e. The third-order valence-electron chi connectivity index (χ3n) is 5.46. The molecule has 0 spiro atoms. The van der Waals surface area contributed by atoms with Gasteiger partial charge in [0.25, 0.3) is 0 Å². The Morgan fingerprint density at radius 2 is 1.71 bits per heavy atom. The molecule has 3 aromatic carbocycles. The van der Waals surface area contributed by atoms with Crippen LogP contribution in [-0.4, -0.2) is 12.1 Å². The number of halogens is 1. The molecule has 0 radical (unpaired) electrons. The van der Waals surface area contributed by atoms with E-state index in [0.29, 0.717) is 32.9 Å². The highest BCUT2D eigenvalue weighted by atomic mass is 35.5. The van der Waals surface area contributed by atoms with Crippen LogP contribution in [0.1, 0.15) is 40.9 Å². The fourth-order valence-corrected chi connectivity index (χ4v) is 3.71. The van der Waals surface area contributed by atoms with Crippen LogP contribution in [-0.2, 0) is 11.3 Å². The first-order valence-electron chi connectivity index (χ1n) is 11.0. The summed E-state index contributed by atoms with van der Waals surface area (Å²) in [5.41, 5.74) is 4.06. The summed E-state index contributed by atoms with van der Waals surface area (Å²) in [7, 11) is 0. The van der Waals surface area contributed by atoms with Crippen LogP contribution >= 0.6 is 11.6 Å². The highest BCUT2D eigenvalue weighted by Gasteiger charge is 2.19. The SMILES string of the molecule is Cc1cc2oc(-c3ccc(Cl)cc3)c(OCc3cccc(C(=O)OC(C)C)c3)c(=O)c2cc1C. The number of hydrogen-bond acceptors (Lipinski definition) is 5. The molecule has 0 atom stereocenters. The number of esters is 1. The van der Waals surface area contributed by atoms with Crippen LogP contribution in [0.3, 0.4) is 0 Å². The van der Waals surface area contributed by atoms with Crippen molar-refractivity contribution in [3.05, 3.63) is 98.2 Å². The smallest absolute Gasteiger partial charge is 0.338 e. The maximum Gasteiger partial charge on any atom is 0.338 e. The molecule has 1 heterocycles. The van der Waals surface area contributed by atoms with Gasteiger partial charge in [0.2, 0.25) is 11.2 Å². The Bertz CT molecular complexity index is 1420. The molecule has 0 saturated carbocycles. The van der Waals surface area contributed by atoms with Crippen LogP contribution in [0.5, 0.6) is 5.75 Å². The summed E-state index contributed by atoms with van der Waals surface area (Å²) in [4.78, 5) is 25.8. The fourth-order valence-electron chi connectivity index (χ4n) is 3.58. The van der Waals surface area contributed by atoms with Crippen molar-refractivity contribution < 1.29 is 18.7 Å². The van der Waals surface area contributed by atoms with E-state index in [2.05, 4.69) is 0 Å². The number of fused-ring (bicyclic) bond motifs is 1. The van der Waals surface area contributed by atoms with E-state index in [4.69, 9.17) is 25.5 Å². The van der Waals surface area contributed by atoms with Gasteiger partial charge in [0, 0.05) is 10.6 Å². The van der Waals surface area contributed by atoms with Crippen molar-refractivity contribution in [2.24, 2.45) is 0 Å². The molecule has 6 heteroatoms. The van der Waals surface area contributed by atoms with Crippen LogP contribution in [0, 0.1) is 13.8 Å². The Morgan fingerprint density at radius 1 is 1.00 bits per heavy atom. The number of aryl methyl sites for hydroxylation is 2. The van der Waals surface area contributed by atoms with Gasteiger partial charge in [-0.15, -0.1) is 0 Å². The first-order valence-corrected chi connectivity index (χ1v) is 11.4. The predicted molar refractivity (Wildman–Crippen MR) is 134 cm³/mol. The van der Waals surface area contributed by atoms with E-state index in [1.165, 1.54) is 0 Å². The number of carbonyl (C=O) groups excluding carboxylic acids is 1. The van der Waals surface area contributed by atoms with E-state index in [1.807, 2.05) is 32.0 Å². The summed E-state index contributed by atoms with van der Waals surface area (Å²) in [5.74, 6) is 0.0239. The van der Waals surface area contributed by atoms with Gasteiger partial charge >= 0.3 is 5.97 Å². The molecule has 0 saturated heterocycles. The molecule has 5 nitrogen and oxygen atoms in total. The number of carbonyl (C=O) groups is 1. The molecule has 0 unspecified atom stereocenters. The average molecular weight is 477 g/mol. The summed E-state index contributed by atoms with van der Waals surface area (Å²) in [6, 6.07) is 17.7. The van der Waals surface area contributed by atoms with Crippen molar-refractivity contribution in [3.8, 4) is 17.1 Å². The Morgan fingerprint density at radius 3 is 2.41 bits per heavy atom. The normalized spacial score (nSPS) is 11.1. The third-order valence-corrected chi connectivity index (χ3v) is 5.71. The third kappa shape index (κ3) is 5.00. The number of ether oxygens (including phenoxy) is 2. The van der Waals surface area contributed by atoms with Crippen LogP contribution in [0.2, 0.25) is 5.02 Å². The molecular formula is C28H25ClO5. The molecule has 0 aliphatic rings. The minimum Gasteiger partial charge on any atom is -0.481 e. The van der Waals surface area contributed by atoms with Gasteiger partial charge in [0.1, 0.15) is 12.2 Å². The van der Waals surface area contributed by atoms with Gasteiger partial charge in [-0.25, -0.2) is 4.79 Å². The standard InChI is InChI=1S/C28H25ClO5/c1-16(2)33-28(31)21-7-5-6-19(14-21)15-32-27-25(30)23-12-17(3)18(4)13-24(23)34-26(27)20-8-10-22(29)11-9-20/h5-14,16H,15H2,1-4H3. The molecule has 0 amide bonds. The van der Waals surface area contributed by atoms with Crippen molar-refractivity contribution in [3.63, 3.8) is 0 Å². The van der Waals surface area contributed by atoms with Crippen molar-refractivity contribution >= 4 is 28.5 Å². The van der Waals surface area contributed by atoms with E-state index >= 15 is 0 Å². The van der Waals surface area contributed by atoms with Gasteiger partial charge < -0.3 is 13.9 Å². The second-order valence-corrected chi connectivity index (χ2v) is 8.91. The highest BCUT2D eigenvalue weighted by Crippen LogP contribution is 2.33. The minimum atomic E-state index is -0.408. The first kappa shape index (κ1) is 23.6. The van der Waals surface area contributed by atoms with Crippen LogP contribution in [0.4, 0.5) is 0 Å². The molecule has 0 fully saturated rings. The summed E-state index contributed by atoms with van der Waals surface area (Å²) >= 11 is 6.06. The fraction of sp³-hybridized carbons (Fsp3) is 0.214. The number of hydrogen-bond donors (Lipinski definition) is 0. The molecule has 0 aliphatic carbocycles. The average Bonchev–Trinajstić information content (AvgIpc) is 2.80. The van der Waals surface area contributed by atoms with Crippen LogP contribution < -0.4 is 10.2 Å². The molecule has 174 valence electrons. The van der Waals surface area contributed by atoms with Crippen molar-refractivity contribution in [2.45, 2.75) is 40.4 Å². The van der Waals surface area contributed by atoms with E-state index in [1.54, 1.807) is 56.3 Å². The molecule has 0 N–H and O–H groups in total. The van der Waals surface area contributed by atoms with E-state index in [-0.39, 0.29) is 23.9 Å². The first-order chi connectivity index (χ1) is 16.2. The van der Waals surface area contributed by atoms with Gasteiger partial charge in [0.05, 0.1) is 17.1 Å². The molecule has 34 heavy (non-hydrogen) atoms. The summed E-state index contributed by atoms with van der Waals surface area (Å²) in [6.07, 6.45) is -0.219. The van der Waals surface area contributed by atoms with Crippen molar-refractivity contribution in [1.29, 1.82) is 0 Å². The monoisotopic (exact) mass is 476 g/mol. The highest BCUT2D eigenvalue weighted by molar-refractivity contribution is 6.30. The molecule has 0 aliphatic heterocycles. The summed E-state index contributed by atoms with van der Waals surface area (Å²) in [6.45, 7) is 7.59. The van der Waals surface area contributed by atoms with Gasteiger partial charge in [-0.3, -0.25) is 4.79 Å². The zero-order valence-electron chi connectivity index (χ0n) is 19.5. The molecular weight excluding hydrogens is 452 g/mol. The topological polar surface area (TPSA) is 65.7 Å². The maximum atomic E-state index is 13.5. The maximum absolute atomic E-state index is 13.5. The van der Waals surface area contributed by atoms with Gasteiger partial charge in [-0.1, -0.05) is 23.7 Å². The predicted octanol–water partition coefficient (Wildman–Crippen LogP) is 6.87. The zero-order chi connectivity index (χ0) is 24.4. The quantitative estimate of drug-likeness (QED) is 0.284. The Balaban J connectivity index is 1.75. The summed E-state index contributed by atoms with van der Waals surface area (Å²) < 4.78 is 17.5. The lowest BCUT2D eigenvalue weighted by molar-refractivity contribution is 0.0377.